The molecule has 1 aromatic rings. The maximum Gasteiger partial charge on any atom is 0.410 e. The molecule has 1 aromatic carbocycles. The topological polar surface area (TPSA) is 75.2 Å². The highest BCUT2D eigenvalue weighted by atomic mass is 16.6. The standard InChI is InChI=1S/C21H34N4O3/c1-21(2,3)28-20(26)25-12-6-7-17(15-25)14-24-19(22-4)23-13-16-8-10-18(27-5)11-9-16/h8-11,17H,6-7,12-15H2,1-5H3,(H2,22,23,24). The number of benzene rings is 1. The van der Waals surface area contributed by atoms with Crippen molar-refractivity contribution in [3.63, 3.8) is 0 Å². The monoisotopic (exact) mass is 390 g/mol. The predicted octanol–water partition coefficient (Wildman–Crippen LogP) is 3.01. The van der Waals surface area contributed by atoms with Gasteiger partial charge in [-0.3, -0.25) is 4.99 Å². The molecule has 0 bridgehead atoms. The van der Waals surface area contributed by atoms with Gasteiger partial charge >= 0.3 is 6.09 Å². The van der Waals surface area contributed by atoms with E-state index in [1.54, 1.807) is 14.2 Å². The summed E-state index contributed by atoms with van der Waals surface area (Å²) in [4.78, 5) is 18.4. The summed E-state index contributed by atoms with van der Waals surface area (Å²) in [7, 11) is 3.42. The number of rotatable bonds is 5. The third-order valence-electron chi connectivity index (χ3n) is 4.57. The Morgan fingerprint density at radius 1 is 1.25 bits per heavy atom. The molecule has 0 aliphatic carbocycles. The number of likely N-dealkylation sites (tertiary alicyclic amines) is 1. The Morgan fingerprint density at radius 2 is 1.96 bits per heavy atom. The Labute approximate surface area is 168 Å². The minimum Gasteiger partial charge on any atom is -0.497 e. The van der Waals surface area contributed by atoms with Crippen LogP contribution in [0.15, 0.2) is 29.3 Å². The van der Waals surface area contributed by atoms with Crippen LogP contribution in [0.1, 0.15) is 39.2 Å². The van der Waals surface area contributed by atoms with Gasteiger partial charge in [0.05, 0.1) is 7.11 Å². The maximum atomic E-state index is 12.3. The van der Waals surface area contributed by atoms with Gasteiger partial charge in [0.15, 0.2) is 5.96 Å². The van der Waals surface area contributed by atoms with Crippen LogP contribution in [0.5, 0.6) is 5.75 Å². The summed E-state index contributed by atoms with van der Waals surface area (Å²) in [6.07, 6.45) is 1.85. The first kappa shape index (κ1) is 21.9. The van der Waals surface area contributed by atoms with Gasteiger partial charge in [0.25, 0.3) is 0 Å². The van der Waals surface area contributed by atoms with Crippen LogP contribution in [0.2, 0.25) is 0 Å². The van der Waals surface area contributed by atoms with Crippen molar-refractivity contribution in [1.29, 1.82) is 0 Å². The van der Waals surface area contributed by atoms with Crippen molar-refractivity contribution in [2.75, 3.05) is 33.8 Å². The van der Waals surface area contributed by atoms with Gasteiger partial charge in [-0.05, 0) is 57.2 Å². The Balaban J connectivity index is 1.78. The summed E-state index contributed by atoms with van der Waals surface area (Å²) in [5, 5.41) is 6.70. The van der Waals surface area contributed by atoms with Crippen LogP contribution in [0.3, 0.4) is 0 Å². The van der Waals surface area contributed by atoms with Crippen LogP contribution < -0.4 is 15.4 Å². The number of hydrogen-bond acceptors (Lipinski definition) is 4. The SMILES string of the molecule is CN=C(NCc1ccc(OC)cc1)NCC1CCCN(C(=O)OC(C)(C)C)C1. The minimum absolute atomic E-state index is 0.223. The van der Waals surface area contributed by atoms with Crippen molar-refractivity contribution in [3.05, 3.63) is 29.8 Å². The lowest BCUT2D eigenvalue weighted by Gasteiger charge is -2.34. The summed E-state index contributed by atoms with van der Waals surface area (Å²) in [6.45, 7) is 8.60. The van der Waals surface area contributed by atoms with E-state index in [2.05, 4.69) is 15.6 Å². The number of aliphatic imine (C=N–C) groups is 1. The average Bonchev–Trinajstić information content (AvgIpc) is 2.67. The number of piperidine rings is 1. The lowest BCUT2D eigenvalue weighted by Crippen LogP contribution is -2.47. The molecule has 1 fully saturated rings. The summed E-state index contributed by atoms with van der Waals surface area (Å²) in [5.41, 5.74) is 0.688. The van der Waals surface area contributed by atoms with Crippen LogP contribution in [0.25, 0.3) is 0 Å². The Bertz CT molecular complexity index is 653. The second-order valence-corrected chi connectivity index (χ2v) is 8.09. The summed E-state index contributed by atoms with van der Waals surface area (Å²) in [6, 6.07) is 7.94. The Morgan fingerprint density at radius 3 is 2.57 bits per heavy atom. The highest BCUT2D eigenvalue weighted by Gasteiger charge is 2.27. The number of ether oxygens (including phenoxy) is 2. The van der Waals surface area contributed by atoms with Gasteiger partial charge in [-0.15, -0.1) is 0 Å². The molecule has 1 aliphatic rings. The number of carbonyl (C=O) groups excluding carboxylic acids is 1. The fraction of sp³-hybridized carbons (Fsp3) is 0.619. The van der Waals surface area contributed by atoms with E-state index in [1.165, 1.54) is 0 Å². The predicted molar refractivity (Wildman–Crippen MR) is 112 cm³/mol. The summed E-state index contributed by atoms with van der Waals surface area (Å²) in [5.74, 6) is 1.98. The smallest absolute Gasteiger partial charge is 0.410 e. The van der Waals surface area contributed by atoms with E-state index in [9.17, 15) is 4.79 Å². The van der Waals surface area contributed by atoms with Crippen LogP contribution in [0, 0.1) is 5.92 Å². The Hall–Kier alpha value is -2.44. The Kier molecular flexibility index (Phi) is 7.96. The van der Waals surface area contributed by atoms with Gasteiger partial charge in [0, 0.05) is 33.2 Å². The molecule has 1 saturated heterocycles. The van der Waals surface area contributed by atoms with E-state index in [-0.39, 0.29) is 6.09 Å². The lowest BCUT2D eigenvalue weighted by atomic mass is 9.98. The zero-order valence-corrected chi connectivity index (χ0v) is 17.7. The fourth-order valence-corrected chi connectivity index (χ4v) is 3.11. The van der Waals surface area contributed by atoms with Gasteiger partial charge in [0.1, 0.15) is 11.4 Å². The van der Waals surface area contributed by atoms with E-state index in [4.69, 9.17) is 9.47 Å². The van der Waals surface area contributed by atoms with Crippen molar-refractivity contribution in [3.8, 4) is 5.75 Å². The normalized spacial score (nSPS) is 17.8. The van der Waals surface area contributed by atoms with E-state index in [0.717, 1.165) is 43.2 Å². The van der Waals surface area contributed by atoms with Gasteiger partial charge in [-0.1, -0.05) is 12.1 Å². The molecular weight excluding hydrogens is 356 g/mol. The summed E-state index contributed by atoms with van der Waals surface area (Å²) < 4.78 is 10.7. The van der Waals surface area contributed by atoms with Gasteiger partial charge in [-0.2, -0.15) is 0 Å². The van der Waals surface area contributed by atoms with Crippen molar-refractivity contribution in [2.24, 2.45) is 10.9 Å². The average molecular weight is 391 g/mol. The highest BCUT2D eigenvalue weighted by molar-refractivity contribution is 5.79. The zero-order chi connectivity index (χ0) is 20.6. The van der Waals surface area contributed by atoms with Gasteiger partial charge in [0.2, 0.25) is 0 Å². The fourth-order valence-electron chi connectivity index (χ4n) is 3.11. The van der Waals surface area contributed by atoms with Crippen LogP contribution in [-0.2, 0) is 11.3 Å². The first-order valence-corrected chi connectivity index (χ1v) is 9.86. The number of hydrogen-bond donors (Lipinski definition) is 2. The molecule has 1 heterocycles. The van der Waals surface area contributed by atoms with Crippen molar-refractivity contribution >= 4 is 12.1 Å². The molecule has 28 heavy (non-hydrogen) atoms. The molecule has 0 radical (unpaired) electrons. The number of nitrogens with one attached hydrogen (secondary N) is 2. The molecule has 2 rings (SSSR count). The van der Waals surface area contributed by atoms with E-state index >= 15 is 0 Å². The van der Waals surface area contributed by atoms with Crippen LogP contribution >= 0.6 is 0 Å². The number of guanidine groups is 1. The van der Waals surface area contributed by atoms with E-state index < -0.39 is 5.60 Å². The number of methoxy groups -OCH3 is 1. The molecule has 0 saturated carbocycles. The number of nitrogens with zero attached hydrogens (tertiary/aromatic N) is 2. The van der Waals surface area contributed by atoms with Crippen LogP contribution in [0.4, 0.5) is 4.79 Å². The van der Waals surface area contributed by atoms with Crippen molar-refractivity contribution in [1.82, 2.24) is 15.5 Å². The second kappa shape index (κ2) is 10.2. The first-order valence-electron chi connectivity index (χ1n) is 9.86. The molecule has 0 spiro atoms. The van der Waals surface area contributed by atoms with E-state index in [0.29, 0.717) is 19.0 Å². The number of amides is 1. The lowest BCUT2D eigenvalue weighted by molar-refractivity contribution is 0.0168. The van der Waals surface area contributed by atoms with Gasteiger partial charge in [-0.25, -0.2) is 4.79 Å². The second-order valence-electron chi connectivity index (χ2n) is 8.09. The molecule has 0 aromatic heterocycles. The highest BCUT2D eigenvalue weighted by Crippen LogP contribution is 2.19. The molecule has 1 amide bonds. The van der Waals surface area contributed by atoms with E-state index in [1.807, 2.05) is 49.9 Å². The third-order valence-corrected chi connectivity index (χ3v) is 4.57. The zero-order valence-electron chi connectivity index (χ0n) is 17.7. The molecule has 2 N–H and O–H groups in total. The molecule has 1 atom stereocenters. The van der Waals surface area contributed by atoms with Gasteiger partial charge < -0.3 is 25.0 Å². The summed E-state index contributed by atoms with van der Waals surface area (Å²) >= 11 is 0. The van der Waals surface area contributed by atoms with Crippen LogP contribution in [-0.4, -0.2) is 56.3 Å². The molecule has 156 valence electrons. The quantitative estimate of drug-likeness (QED) is 0.597. The number of carbonyl (C=O) groups is 1. The molecule has 7 nitrogen and oxygen atoms in total. The molecular formula is C21H34N4O3. The van der Waals surface area contributed by atoms with Crippen molar-refractivity contribution in [2.45, 2.75) is 45.8 Å². The molecule has 7 heteroatoms. The largest absolute Gasteiger partial charge is 0.497 e. The van der Waals surface area contributed by atoms with Crippen molar-refractivity contribution < 1.29 is 14.3 Å². The third kappa shape index (κ3) is 7.29. The minimum atomic E-state index is -0.463. The maximum absolute atomic E-state index is 12.3. The first-order chi connectivity index (χ1) is 13.3. The molecule has 1 aliphatic heterocycles. The molecule has 1 unspecified atom stereocenters.